The van der Waals surface area contributed by atoms with Gasteiger partial charge < -0.3 is 16.0 Å². The van der Waals surface area contributed by atoms with Crippen molar-refractivity contribution >= 4 is 21.7 Å². The van der Waals surface area contributed by atoms with Gasteiger partial charge in [-0.2, -0.15) is 0 Å². The van der Waals surface area contributed by atoms with Crippen molar-refractivity contribution < 1.29 is 17.6 Å². The third kappa shape index (κ3) is 5.91. The maximum atomic E-state index is 14.1. The molecule has 0 spiro atoms. The van der Waals surface area contributed by atoms with Gasteiger partial charge in [-0.05, 0) is 37.8 Å². The Labute approximate surface area is 171 Å². The van der Waals surface area contributed by atoms with E-state index in [-0.39, 0.29) is 41.1 Å². The van der Waals surface area contributed by atoms with E-state index in [1.54, 1.807) is 6.07 Å². The SMILES string of the molecule is CCNC(=NCC1(c2ccccc2F)CC1)NCCC(=O)NC1CCS(=O)(=O)C1. The highest BCUT2D eigenvalue weighted by molar-refractivity contribution is 7.91. The van der Waals surface area contributed by atoms with E-state index in [9.17, 15) is 17.6 Å². The van der Waals surface area contributed by atoms with Crippen LogP contribution in [0.15, 0.2) is 29.3 Å². The number of benzene rings is 1. The number of amides is 1. The van der Waals surface area contributed by atoms with Crippen LogP contribution in [0, 0.1) is 5.82 Å². The van der Waals surface area contributed by atoms with Gasteiger partial charge in [-0.25, -0.2) is 12.8 Å². The second kappa shape index (κ2) is 9.11. The fourth-order valence-electron chi connectivity index (χ4n) is 3.63. The molecule has 1 saturated heterocycles. The smallest absolute Gasteiger partial charge is 0.222 e. The first-order chi connectivity index (χ1) is 13.8. The molecule has 160 valence electrons. The Morgan fingerprint density at radius 1 is 1.28 bits per heavy atom. The molecule has 1 aliphatic heterocycles. The number of guanidine groups is 1. The quantitative estimate of drug-likeness (QED) is 0.429. The van der Waals surface area contributed by atoms with Crippen molar-refractivity contribution in [2.24, 2.45) is 4.99 Å². The molecule has 1 aromatic rings. The highest BCUT2D eigenvalue weighted by Gasteiger charge is 2.45. The van der Waals surface area contributed by atoms with Gasteiger partial charge in [-0.1, -0.05) is 18.2 Å². The van der Waals surface area contributed by atoms with E-state index in [1.165, 1.54) is 6.07 Å². The first-order valence-corrected chi connectivity index (χ1v) is 11.9. The minimum absolute atomic E-state index is 0.0222. The summed E-state index contributed by atoms with van der Waals surface area (Å²) in [5, 5.41) is 9.04. The monoisotopic (exact) mass is 424 g/mol. The average Bonchev–Trinajstić information content (AvgIpc) is 3.37. The summed E-state index contributed by atoms with van der Waals surface area (Å²) in [5.41, 5.74) is 0.476. The van der Waals surface area contributed by atoms with Crippen LogP contribution in [-0.2, 0) is 20.0 Å². The van der Waals surface area contributed by atoms with Crippen LogP contribution in [0.25, 0.3) is 0 Å². The Morgan fingerprint density at radius 3 is 2.66 bits per heavy atom. The van der Waals surface area contributed by atoms with Crippen LogP contribution in [0.5, 0.6) is 0 Å². The lowest BCUT2D eigenvalue weighted by Crippen LogP contribution is -2.41. The van der Waals surface area contributed by atoms with E-state index < -0.39 is 9.84 Å². The van der Waals surface area contributed by atoms with E-state index in [0.717, 1.165) is 12.8 Å². The van der Waals surface area contributed by atoms with Crippen LogP contribution in [-0.4, -0.2) is 57.5 Å². The number of nitrogens with zero attached hydrogens (tertiary/aromatic N) is 1. The van der Waals surface area contributed by atoms with Gasteiger partial charge in [0.1, 0.15) is 5.82 Å². The number of sulfone groups is 1. The number of hydrogen-bond donors (Lipinski definition) is 3. The molecule has 1 atom stereocenters. The van der Waals surface area contributed by atoms with Crippen molar-refractivity contribution in [3.05, 3.63) is 35.6 Å². The number of carbonyl (C=O) groups is 1. The third-order valence-corrected chi connectivity index (χ3v) is 7.19. The molecule has 2 aliphatic rings. The standard InChI is InChI=1S/C20H29FN4O3S/c1-2-22-19(23-11-7-18(26)25-15-8-12-29(27,28)13-15)24-14-20(9-10-20)16-5-3-4-6-17(16)21/h3-6,15H,2,7-14H2,1H3,(H,25,26)(H2,22,23,24). The number of carbonyl (C=O) groups excluding carboxylic acids is 1. The Hall–Kier alpha value is -2.16. The lowest BCUT2D eigenvalue weighted by atomic mass is 9.95. The van der Waals surface area contributed by atoms with Gasteiger partial charge in [0.05, 0.1) is 18.1 Å². The van der Waals surface area contributed by atoms with Gasteiger partial charge in [0.15, 0.2) is 15.8 Å². The average molecular weight is 425 g/mol. The molecule has 7 nitrogen and oxygen atoms in total. The molecule has 0 radical (unpaired) electrons. The zero-order chi connectivity index (χ0) is 20.9. The van der Waals surface area contributed by atoms with E-state index in [2.05, 4.69) is 20.9 Å². The van der Waals surface area contributed by atoms with Crippen molar-refractivity contribution in [2.45, 2.75) is 44.1 Å². The Bertz CT molecular complexity index is 868. The van der Waals surface area contributed by atoms with Crippen LogP contribution >= 0.6 is 0 Å². The minimum atomic E-state index is -3.01. The molecular formula is C20H29FN4O3S. The second-order valence-corrected chi connectivity index (χ2v) is 10.0. The Kier molecular flexibility index (Phi) is 6.77. The summed E-state index contributed by atoms with van der Waals surface area (Å²) >= 11 is 0. The molecule has 1 heterocycles. The summed E-state index contributed by atoms with van der Waals surface area (Å²) < 4.78 is 37.1. The zero-order valence-corrected chi connectivity index (χ0v) is 17.5. The summed E-state index contributed by atoms with van der Waals surface area (Å²) in [6.07, 6.45) is 2.51. The molecule has 3 N–H and O–H groups in total. The maximum Gasteiger partial charge on any atom is 0.222 e. The number of aliphatic imine (C=N–C) groups is 1. The molecule has 2 fully saturated rings. The minimum Gasteiger partial charge on any atom is -0.357 e. The lowest BCUT2D eigenvalue weighted by Gasteiger charge is -2.17. The number of hydrogen-bond acceptors (Lipinski definition) is 4. The topological polar surface area (TPSA) is 99.7 Å². The highest BCUT2D eigenvalue weighted by Crippen LogP contribution is 2.49. The van der Waals surface area contributed by atoms with E-state index >= 15 is 0 Å². The van der Waals surface area contributed by atoms with Gasteiger partial charge in [0.25, 0.3) is 0 Å². The molecule has 1 aliphatic carbocycles. The van der Waals surface area contributed by atoms with E-state index in [0.29, 0.717) is 37.6 Å². The van der Waals surface area contributed by atoms with Crippen molar-refractivity contribution in [2.75, 3.05) is 31.1 Å². The summed E-state index contributed by atoms with van der Waals surface area (Å²) in [6, 6.07) is 6.56. The molecule has 29 heavy (non-hydrogen) atoms. The summed E-state index contributed by atoms with van der Waals surface area (Å²) in [5.74, 6) is 0.376. The number of rotatable bonds is 8. The fraction of sp³-hybridized carbons (Fsp3) is 0.600. The number of halogens is 1. The van der Waals surface area contributed by atoms with Crippen molar-refractivity contribution in [3.63, 3.8) is 0 Å². The van der Waals surface area contributed by atoms with Crippen LogP contribution in [0.2, 0.25) is 0 Å². The largest absolute Gasteiger partial charge is 0.357 e. The van der Waals surface area contributed by atoms with Crippen molar-refractivity contribution in [1.82, 2.24) is 16.0 Å². The van der Waals surface area contributed by atoms with Crippen LogP contribution < -0.4 is 16.0 Å². The van der Waals surface area contributed by atoms with Crippen molar-refractivity contribution in [3.8, 4) is 0 Å². The predicted octanol–water partition coefficient (Wildman–Crippen LogP) is 1.11. The summed E-state index contributed by atoms with van der Waals surface area (Å²) in [6.45, 7) is 3.48. The Morgan fingerprint density at radius 2 is 2.03 bits per heavy atom. The summed E-state index contributed by atoms with van der Waals surface area (Å²) in [7, 11) is -3.01. The van der Waals surface area contributed by atoms with Crippen molar-refractivity contribution in [1.29, 1.82) is 0 Å². The van der Waals surface area contributed by atoms with Crippen LogP contribution in [0.4, 0.5) is 4.39 Å². The number of nitrogens with one attached hydrogen (secondary N) is 3. The second-order valence-electron chi connectivity index (χ2n) is 7.80. The fourth-order valence-corrected chi connectivity index (χ4v) is 5.30. The molecule has 1 amide bonds. The highest BCUT2D eigenvalue weighted by atomic mass is 32.2. The van der Waals surface area contributed by atoms with Crippen LogP contribution in [0.1, 0.15) is 38.2 Å². The maximum absolute atomic E-state index is 14.1. The third-order valence-electron chi connectivity index (χ3n) is 5.42. The Balaban J connectivity index is 1.49. The molecule has 1 aromatic carbocycles. The van der Waals surface area contributed by atoms with Gasteiger partial charge in [0.2, 0.25) is 5.91 Å². The van der Waals surface area contributed by atoms with E-state index in [4.69, 9.17) is 0 Å². The first-order valence-electron chi connectivity index (χ1n) is 10.1. The molecule has 9 heteroatoms. The lowest BCUT2D eigenvalue weighted by molar-refractivity contribution is -0.121. The molecule has 1 saturated carbocycles. The van der Waals surface area contributed by atoms with E-state index in [1.807, 2.05) is 19.1 Å². The van der Waals surface area contributed by atoms with Gasteiger partial charge >= 0.3 is 0 Å². The first kappa shape index (κ1) is 21.5. The molecule has 0 aromatic heterocycles. The molecule has 1 unspecified atom stereocenters. The van der Waals surface area contributed by atoms with Gasteiger partial charge in [-0.3, -0.25) is 9.79 Å². The van der Waals surface area contributed by atoms with Gasteiger partial charge in [0, 0.05) is 31.0 Å². The summed E-state index contributed by atoms with van der Waals surface area (Å²) in [4.78, 5) is 16.7. The molecule has 3 rings (SSSR count). The molecule has 0 bridgehead atoms. The van der Waals surface area contributed by atoms with Crippen LogP contribution in [0.3, 0.4) is 0 Å². The normalized spacial score (nSPS) is 22.1. The molecular weight excluding hydrogens is 395 g/mol. The predicted molar refractivity (Wildman–Crippen MR) is 111 cm³/mol. The van der Waals surface area contributed by atoms with Gasteiger partial charge in [-0.15, -0.1) is 0 Å². The zero-order valence-electron chi connectivity index (χ0n) is 16.7.